The third-order valence-electron chi connectivity index (χ3n) is 3.47. The van der Waals surface area contributed by atoms with Gasteiger partial charge in [-0.2, -0.15) is 0 Å². The number of amides is 1. The van der Waals surface area contributed by atoms with Crippen LogP contribution in [0.2, 0.25) is 5.15 Å². The molecule has 0 saturated heterocycles. The summed E-state index contributed by atoms with van der Waals surface area (Å²) < 4.78 is 5.67. The average Bonchev–Trinajstić information content (AvgIpc) is 2.52. The van der Waals surface area contributed by atoms with Crippen molar-refractivity contribution >= 4 is 23.3 Å². The molecule has 0 fully saturated rings. The summed E-state index contributed by atoms with van der Waals surface area (Å²) >= 11 is 5.84. The van der Waals surface area contributed by atoms with E-state index in [2.05, 4.69) is 15.3 Å². The summed E-state index contributed by atoms with van der Waals surface area (Å²) in [4.78, 5) is 21.1. The number of likely N-dealkylation sites (N-methyl/N-ethyl adjacent to an activating group) is 1. The lowest BCUT2D eigenvalue weighted by molar-refractivity contribution is -0.130. The van der Waals surface area contributed by atoms with E-state index in [-0.39, 0.29) is 12.5 Å². The number of anilines is 1. The molecule has 1 heterocycles. The molecule has 128 valence electrons. The Balaban J connectivity index is 2.04. The first-order valence-corrected chi connectivity index (χ1v) is 7.89. The number of nitrogens with zero attached hydrogens (tertiary/aromatic N) is 3. The fraction of sp³-hybridized carbons (Fsp3) is 0.353. The minimum atomic E-state index is -0.0693. The summed E-state index contributed by atoms with van der Waals surface area (Å²) in [6.45, 7) is 4.57. The molecule has 1 aromatic carbocycles. The highest BCUT2D eigenvalue weighted by atomic mass is 35.5. The van der Waals surface area contributed by atoms with Gasteiger partial charge in [0.05, 0.1) is 0 Å². The quantitative estimate of drug-likeness (QED) is 0.813. The number of benzene rings is 1. The molecule has 0 aliphatic heterocycles. The highest BCUT2D eigenvalue weighted by Gasteiger charge is 2.10. The van der Waals surface area contributed by atoms with Crippen molar-refractivity contribution in [1.29, 1.82) is 0 Å². The Hall–Kier alpha value is -2.34. The molecule has 2 aromatic rings. The van der Waals surface area contributed by atoms with E-state index in [4.69, 9.17) is 16.3 Å². The largest absolute Gasteiger partial charge is 0.483 e. The van der Waals surface area contributed by atoms with E-state index in [1.807, 2.05) is 26.0 Å². The number of carbonyl (C=O) groups is 1. The smallest absolute Gasteiger partial charge is 0.259 e. The zero-order chi connectivity index (χ0) is 17.7. The van der Waals surface area contributed by atoms with Crippen molar-refractivity contribution in [1.82, 2.24) is 14.9 Å². The summed E-state index contributed by atoms with van der Waals surface area (Å²) in [7, 11) is 3.42. The van der Waals surface area contributed by atoms with Crippen LogP contribution in [0.25, 0.3) is 0 Å². The molecule has 1 amide bonds. The predicted molar refractivity (Wildman–Crippen MR) is 94.5 cm³/mol. The van der Waals surface area contributed by atoms with Crippen molar-refractivity contribution < 1.29 is 9.53 Å². The van der Waals surface area contributed by atoms with E-state index in [9.17, 15) is 4.79 Å². The van der Waals surface area contributed by atoms with Gasteiger partial charge >= 0.3 is 0 Å². The fourth-order valence-corrected chi connectivity index (χ4v) is 2.40. The molecule has 0 bridgehead atoms. The van der Waals surface area contributed by atoms with Crippen LogP contribution in [0.4, 0.5) is 5.82 Å². The molecule has 0 aliphatic rings. The molecular formula is C17H21ClN4O2. The molecule has 7 heteroatoms. The number of rotatable bonds is 6. The maximum atomic E-state index is 11.7. The van der Waals surface area contributed by atoms with Gasteiger partial charge in [-0.1, -0.05) is 23.7 Å². The number of halogens is 1. The fourth-order valence-electron chi connectivity index (χ4n) is 2.26. The van der Waals surface area contributed by atoms with E-state index in [0.717, 1.165) is 22.4 Å². The molecule has 6 nitrogen and oxygen atoms in total. The van der Waals surface area contributed by atoms with Crippen molar-refractivity contribution in [3.63, 3.8) is 0 Å². The van der Waals surface area contributed by atoms with Crippen molar-refractivity contribution in [2.24, 2.45) is 0 Å². The van der Waals surface area contributed by atoms with Crippen LogP contribution in [0.1, 0.15) is 16.7 Å². The van der Waals surface area contributed by atoms with Crippen LogP contribution < -0.4 is 10.1 Å². The van der Waals surface area contributed by atoms with E-state index < -0.39 is 0 Å². The Morgan fingerprint density at radius 2 is 1.88 bits per heavy atom. The maximum absolute atomic E-state index is 11.7. The zero-order valence-corrected chi connectivity index (χ0v) is 15.0. The number of hydrogen-bond acceptors (Lipinski definition) is 5. The number of nitrogens with one attached hydrogen (secondary N) is 1. The van der Waals surface area contributed by atoms with Gasteiger partial charge in [-0.15, -0.1) is 0 Å². The van der Waals surface area contributed by atoms with Crippen LogP contribution >= 0.6 is 11.6 Å². The molecule has 2 rings (SSSR count). The van der Waals surface area contributed by atoms with Gasteiger partial charge in [0.15, 0.2) is 6.61 Å². The topological polar surface area (TPSA) is 67.4 Å². The molecule has 0 spiro atoms. The third-order valence-corrected chi connectivity index (χ3v) is 3.67. The second-order valence-electron chi connectivity index (χ2n) is 5.72. The van der Waals surface area contributed by atoms with Crippen LogP contribution in [0.5, 0.6) is 5.75 Å². The van der Waals surface area contributed by atoms with Crippen molar-refractivity contribution in [2.45, 2.75) is 20.4 Å². The minimum Gasteiger partial charge on any atom is -0.483 e. The monoisotopic (exact) mass is 348 g/mol. The number of aromatic nitrogens is 2. The first-order chi connectivity index (χ1) is 11.4. The Morgan fingerprint density at radius 1 is 1.21 bits per heavy atom. The number of hydrogen-bond donors (Lipinski definition) is 1. The van der Waals surface area contributed by atoms with Gasteiger partial charge in [-0.25, -0.2) is 9.97 Å². The molecule has 0 radical (unpaired) electrons. The molecule has 24 heavy (non-hydrogen) atoms. The summed E-state index contributed by atoms with van der Waals surface area (Å²) in [6, 6.07) is 5.72. The van der Waals surface area contributed by atoms with Crippen LogP contribution in [0.15, 0.2) is 24.5 Å². The summed E-state index contributed by atoms with van der Waals surface area (Å²) in [5.74, 6) is 1.35. The highest BCUT2D eigenvalue weighted by Crippen LogP contribution is 2.25. The molecular weight excluding hydrogens is 328 g/mol. The number of ether oxygens (including phenoxy) is 1. The Morgan fingerprint density at radius 3 is 2.46 bits per heavy atom. The van der Waals surface area contributed by atoms with Gasteiger partial charge in [-0.05, 0) is 30.5 Å². The Kier molecular flexibility index (Phi) is 5.98. The van der Waals surface area contributed by atoms with Crippen LogP contribution in [-0.2, 0) is 11.3 Å². The number of carbonyl (C=O) groups excluding carboxylic acids is 1. The van der Waals surface area contributed by atoms with Crippen molar-refractivity contribution in [3.8, 4) is 5.75 Å². The van der Waals surface area contributed by atoms with Gasteiger partial charge in [0, 0.05) is 26.7 Å². The molecule has 1 aromatic heterocycles. The minimum absolute atomic E-state index is 0.0334. The lowest BCUT2D eigenvalue weighted by atomic mass is 10.1. The van der Waals surface area contributed by atoms with Crippen LogP contribution in [0, 0.1) is 13.8 Å². The van der Waals surface area contributed by atoms with Crippen LogP contribution in [-0.4, -0.2) is 41.5 Å². The first kappa shape index (κ1) is 18.0. The number of aryl methyl sites for hydroxylation is 2. The van der Waals surface area contributed by atoms with Gasteiger partial charge < -0.3 is 15.0 Å². The molecule has 0 unspecified atom stereocenters. The van der Waals surface area contributed by atoms with E-state index in [0.29, 0.717) is 17.5 Å². The van der Waals surface area contributed by atoms with Gasteiger partial charge in [-0.3, -0.25) is 4.79 Å². The normalized spacial score (nSPS) is 10.4. The third kappa shape index (κ3) is 4.83. The van der Waals surface area contributed by atoms with Crippen molar-refractivity contribution in [3.05, 3.63) is 46.4 Å². The molecule has 1 N–H and O–H groups in total. The first-order valence-electron chi connectivity index (χ1n) is 7.51. The lowest BCUT2D eigenvalue weighted by Gasteiger charge is -2.16. The van der Waals surface area contributed by atoms with Crippen LogP contribution in [0.3, 0.4) is 0 Å². The average molecular weight is 349 g/mol. The van der Waals surface area contributed by atoms with Gasteiger partial charge in [0.1, 0.15) is 23.0 Å². The summed E-state index contributed by atoms with van der Waals surface area (Å²) in [6.07, 6.45) is 1.42. The highest BCUT2D eigenvalue weighted by molar-refractivity contribution is 6.29. The summed E-state index contributed by atoms with van der Waals surface area (Å²) in [5.41, 5.74) is 3.06. The molecule has 0 aliphatic carbocycles. The Labute approximate surface area is 146 Å². The second kappa shape index (κ2) is 7.97. The van der Waals surface area contributed by atoms with E-state index in [1.165, 1.54) is 11.2 Å². The van der Waals surface area contributed by atoms with Crippen molar-refractivity contribution in [2.75, 3.05) is 26.0 Å². The lowest BCUT2D eigenvalue weighted by Crippen LogP contribution is -2.27. The maximum Gasteiger partial charge on any atom is 0.259 e. The molecule has 0 saturated carbocycles. The van der Waals surface area contributed by atoms with Gasteiger partial charge in [0.25, 0.3) is 5.91 Å². The van der Waals surface area contributed by atoms with E-state index >= 15 is 0 Å². The zero-order valence-electron chi connectivity index (χ0n) is 14.3. The SMILES string of the molecule is Cc1cc(CNc2cc(Cl)ncn2)cc(C)c1OCC(=O)N(C)C. The predicted octanol–water partition coefficient (Wildman–Crippen LogP) is 2.83. The van der Waals surface area contributed by atoms with E-state index in [1.54, 1.807) is 20.2 Å². The second-order valence-corrected chi connectivity index (χ2v) is 6.10. The standard InChI is InChI=1S/C17H21ClN4O2/c1-11-5-13(8-19-15-7-14(18)20-10-21-15)6-12(2)17(11)24-9-16(23)22(3)4/h5-7,10H,8-9H2,1-4H3,(H,19,20,21). The van der Waals surface area contributed by atoms with Gasteiger partial charge in [0.2, 0.25) is 0 Å². The Bertz CT molecular complexity index is 711. The molecule has 0 atom stereocenters. The summed E-state index contributed by atoms with van der Waals surface area (Å²) in [5, 5.41) is 3.60.